The highest BCUT2D eigenvalue weighted by Gasteiger charge is 2.58. The summed E-state index contributed by atoms with van der Waals surface area (Å²) in [6.07, 6.45) is 0.928. The van der Waals surface area contributed by atoms with Crippen LogP contribution in [0, 0.1) is 0 Å². The summed E-state index contributed by atoms with van der Waals surface area (Å²) in [5.41, 5.74) is 6.95. The van der Waals surface area contributed by atoms with Gasteiger partial charge in [-0.3, -0.25) is 0 Å². The Labute approximate surface area is 122 Å². The summed E-state index contributed by atoms with van der Waals surface area (Å²) in [7, 11) is -5.54. The minimum Gasteiger partial charge on any atom is -0.419 e. The van der Waals surface area contributed by atoms with E-state index in [4.69, 9.17) is 18.4 Å². The maximum atomic E-state index is 6.66. The van der Waals surface area contributed by atoms with Crippen LogP contribution < -0.4 is 5.73 Å². The van der Waals surface area contributed by atoms with E-state index in [1.165, 1.54) is 5.67 Å². The quantitative estimate of drug-likeness (QED) is 0.801. The summed E-state index contributed by atoms with van der Waals surface area (Å²) in [6, 6.07) is 0.872. The molecule has 0 amide bonds. The largest absolute Gasteiger partial charge is 0.479 e. The molecule has 0 aliphatic carbocycles. The van der Waals surface area contributed by atoms with Crippen molar-refractivity contribution in [2.45, 2.75) is 57.4 Å². The van der Waals surface area contributed by atoms with Crippen molar-refractivity contribution in [3.8, 4) is 0 Å². The van der Waals surface area contributed by atoms with Crippen LogP contribution in [0.1, 0.15) is 6.42 Å². The molecule has 0 aromatic heterocycles. The van der Waals surface area contributed by atoms with E-state index in [-0.39, 0.29) is 0 Å². The number of nitrogens with two attached hydrogens (primary N) is 1. The van der Waals surface area contributed by atoms with Gasteiger partial charge < -0.3 is 18.4 Å². The van der Waals surface area contributed by atoms with Gasteiger partial charge in [-0.1, -0.05) is 13.1 Å². The molecular formula is C11H31NO3Si4. The Kier molecular flexibility index (Phi) is 5.45. The first-order valence-corrected chi connectivity index (χ1v) is 19.3. The van der Waals surface area contributed by atoms with Crippen molar-refractivity contribution in [2.75, 3.05) is 13.7 Å². The van der Waals surface area contributed by atoms with Gasteiger partial charge in [0.1, 0.15) is 0 Å². The molecular weight excluding hydrogens is 306 g/mol. The van der Waals surface area contributed by atoms with Crippen molar-refractivity contribution in [1.29, 1.82) is 0 Å². The molecule has 1 saturated heterocycles. The lowest BCUT2D eigenvalue weighted by atomic mass is 10.5. The molecule has 1 aliphatic heterocycles. The van der Waals surface area contributed by atoms with Crippen LogP contribution in [-0.4, -0.2) is 46.2 Å². The number of rotatable bonds is 4. The maximum Gasteiger partial charge on any atom is 0.479 e. The average Bonchev–Trinajstić information content (AvgIpc) is 2.27. The summed E-state index contributed by atoms with van der Waals surface area (Å²) >= 11 is 0. The second kappa shape index (κ2) is 5.83. The topological polar surface area (TPSA) is 53.7 Å². The van der Waals surface area contributed by atoms with Crippen molar-refractivity contribution in [3.05, 3.63) is 0 Å². The van der Waals surface area contributed by atoms with E-state index in [1.807, 2.05) is 0 Å². The summed E-state index contributed by atoms with van der Waals surface area (Å²) in [6.45, 7) is 15.0. The minimum atomic E-state index is -2.51. The normalized spacial score (nSPS) is 32.8. The van der Waals surface area contributed by atoms with E-state index in [0.717, 1.165) is 12.5 Å². The second-order valence-electron chi connectivity index (χ2n) is 7.31. The minimum absolute atomic E-state index is 0.676. The molecule has 114 valence electrons. The molecule has 1 unspecified atom stereocenters. The summed E-state index contributed by atoms with van der Waals surface area (Å²) in [5, 5.41) is 0. The Morgan fingerprint density at radius 3 is 2.11 bits per heavy atom. The van der Waals surface area contributed by atoms with Crippen LogP contribution in [0.5, 0.6) is 0 Å². The second-order valence-corrected chi connectivity index (χ2v) is 30.6. The Morgan fingerprint density at radius 2 is 1.63 bits per heavy atom. The monoisotopic (exact) mass is 337 g/mol. The zero-order valence-corrected chi connectivity index (χ0v) is 17.6. The van der Waals surface area contributed by atoms with Gasteiger partial charge in [-0.2, -0.15) is 0 Å². The van der Waals surface area contributed by atoms with Gasteiger partial charge in [-0.15, -0.1) is 0 Å². The van der Waals surface area contributed by atoms with Crippen molar-refractivity contribution in [1.82, 2.24) is 0 Å². The van der Waals surface area contributed by atoms with E-state index >= 15 is 0 Å². The standard InChI is InChI=1S/C11H31NO3Si4/c1-13-19(10-8-9-12)14-16(2,3)11-17(4,5)18(6,7)15-19/h8-12H2,1-7H3. The van der Waals surface area contributed by atoms with Gasteiger partial charge in [0.15, 0.2) is 16.2 Å². The van der Waals surface area contributed by atoms with Gasteiger partial charge in [0.05, 0.1) is 7.59 Å². The van der Waals surface area contributed by atoms with Crippen molar-refractivity contribution >= 4 is 32.5 Å². The molecule has 1 aliphatic rings. The predicted molar refractivity (Wildman–Crippen MR) is 90.7 cm³/mol. The summed E-state index contributed by atoms with van der Waals surface area (Å²) in [4.78, 5) is 0. The Balaban J connectivity index is 3.12. The van der Waals surface area contributed by atoms with Gasteiger partial charge >= 0.3 is 8.80 Å². The first-order chi connectivity index (χ1) is 8.49. The van der Waals surface area contributed by atoms with Crippen LogP contribution in [0.25, 0.3) is 0 Å². The third kappa shape index (κ3) is 4.10. The highest BCUT2D eigenvalue weighted by atomic mass is 29.3. The van der Waals surface area contributed by atoms with E-state index in [2.05, 4.69) is 39.3 Å². The van der Waals surface area contributed by atoms with E-state index in [0.29, 0.717) is 6.54 Å². The SMILES string of the molecule is CO[Si]1(CCCN)O[Si](C)(C)C[Si](C)(C)[Si](C)(C)O1. The average molecular weight is 338 g/mol. The highest BCUT2D eigenvalue weighted by molar-refractivity contribution is 7.41. The van der Waals surface area contributed by atoms with Crippen molar-refractivity contribution in [3.63, 3.8) is 0 Å². The fraction of sp³-hybridized carbons (Fsp3) is 1.00. The molecule has 0 spiro atoms. The molecule has 0 saturated carbocycles. The lowest BCUT2D eigenvalue weighted by Crippen LogP contribution is -2.61. The third-order valence-electron chi connectivity index (χ3n) is 4.34. The van der Waals surface area contributed by atoms with Gasteiger partial charge in [-0.25, -0.2) is 0 Å². The Bertz CT molecular complexity index is 325. The third-order valence-corrected chi connectivity index (χ3v) is 35.2. The number of hydrogen-bond acceptors (Lipinski definition) is 4. The molecule has 1 heterocycles. The first kappa shape index (κ1) is 17.8. The van der Waals surface area contributed by atoms with Gasteiger partial charge in [-0.05, 0) is 44.8 Å². The highest BCUT2D eigenvalue weighted by Crippen LogP contribution is 2.39. The van der Waals surface area contributed by atoms with Gasteiger partial charge in [0.2, 0.25) is 0 Å². The summed E-state index contributed by atoms with van der Waals surface area (Å²) < 4.78 is 19.1. The molecule has 1 fully saturated rings. The fourth-order valence-electron chi connectivity index (χ4n) is 2.89. The van der Waals surface area contributed by atoms with E-state index in [9.17, 15) is 0 Å². The van der Waals surface area contributed by atoms with Crippen LogP contribution in [0.15, 0.2) is 0 Å². The number of hydrogen-bond donors (Lipinski definition) is 1. The van der Waals surface area contributed by atoms with Gasteiger partial charge in [0, 0.05) is 13.2 Å². The Morgan fingerprint density at radius 1 is 1.05 bits per heavy atom. The molecule has 2 N–H and O–H groups in total. The van der Waals surface area contributed by atoms with Crippen LogP contribution in [0.2, 0.25) is 51.0 Å². The van der Waals surface area contributed by atoms with Gasteiger partial charge in [0.25, 0.3) is 0 Å². The molecule has 0 radical (unpaired) electrons. The maximum absolute atomic E-state index is 6.66. The zero-order chi connectivity index (χ0) is 14.9. The van der Waals surface area contributed by atoms with E-state index < -0.39 is 32.5 Å². The molecule has 0 aromatic rings. The molecule has 0 bridgehead atoms. The molecule has 0 aromatic carbocycles. The molecule has 1 atom stereocenters. The lowest BCUT2D eigenvalue weighted by molar-refractivity contribution is 0.201. The van der Waals surface area contributed by atoms with E-state index in [1.54, 1.807) is 7.11 Å². The zero-order valence-electron chi connectivity index (χ0n) is 13.6. The predicted octanol–water partition coefficient (Wildman–Crippen LogP) is 2.70. The fourth-order valence-corrected chi connectivity index (χ4v) is 36.0. The first-order valence-electron chi connectivity index (χ1n) is 7.15. The Hall–Kier alpha value is 0.708. The van der Waals surface area contributed by atoms with Crippen LogP contribution >= 0.6 is 0 Å². The lowest BCUT2D eigenvalue weighted by Gasteiger charge is -2.40. The molecule has 4 nitrogen and oxygen atoms in total. The summed E-state index contributed by atoms with van der Waals surface area (Å²) in [5.74, 6) is 0. The van der Waals surface area contributed by atoms with Crippen molar-refractivity contribution < 1.29 is 12.7 Å². The van der Waals surface area contributed by atoms with Crippen molar-refractivity contribution in [2.24, 2.45) is 5.73 Å². The molecule has 1 rings (SSSR count). The molecule has 19 heavy (non-hydrogen) atoms. The molecule has 8 heteroatoms. The van der Waals surface area contributed by atoms with Crippen LogP contribution in [0.3, 0.4) is 0 Å². The van der Waals surface area contributed by atoms with Crippen LogP contribution in [0.4, 0.5) is 0 Å². The van der Waals surface area contributed by atoms with Crippen LogP contribution in [-0.2, 0) is 12.7 Å². The smallest absolute Gasteiger partial charge is 0.419 e.